The Labute approximate surface area is 105 Å². The van der Waals surface area contributed by atoms with Crippen molar-refractivity contribution in [1.29, 1.82) is 0 Å². The van der Waals surface area contributed by atoms with Crippen LogP contribution in [-0.4, -0.2) is 53.0 Å². The topological polar surface area (TPSA) is 127 Å². The number of ether oxygens (including phenoxy) is 2. The molecule has 0 aliphatic rings. The lowest BCUT2D eigenvalue weighted by molar-refractivity contribution is 0.0991. The van der Waals surface area contributed by atoms with E-state index in [0.717, 1.165) is 0 Å². The van der Waals surface area contributed by atoms with E-state index in [0.29, 0.717) is 32.3 Å². The number of hydrazine groups is 1. The van der Waals surface area contributed by atoms with Crippen LogP contribution >= 0.6 is 0 Å². The summed E-state index contributed by atoms with van der Waals surface area (Å²) in [7, 11) is 0. The number of nitrogens with two attached hydrogens (primary N) is 1. The summed E-state index contributed by atoms with van der Waals surface area (Å²) in [4.78, 5) is 11.9. The summed E-state index contributed by atoms with van der Waals surface area (Å²) in [5, 5.41) is 11.5. The molecule has 0 atom stereocenters. The summed E-state index contributed by atoms with van der Waals surface area (Å²) in [6.07, 6.45) is 0. The molecule has 0 bridgehead atoms. The molecule has 0 aromatic carbocycles. The molecule has 1 aromatic rings. The fourth-order valence-corrected chi connectivity index (χ4v) is 1.10. The first kappa shape index (κ1) is 14.4. The average molecular weight is 258 g/mol. The highest BCUT2D eigenvalue weighted by molar-refractivity contribution is 5.34. The van der Waals surface area contributed by atoms with Gasteiger partial charge in [-0.3, -0.25) is 5.43 Å². The van der Waals surface area contributed by atoms with E-state index >= 15 is 0 Å². The normalized spacial score (nSPS) is 10.2. The first-order chi connectivity index (χ1) is 8.80. The standard InChI is InChI=1S/C9H18N6O3/c1-2-18-9-13-7(12-8(14-9)15-10)11-3-5-17-6-4-16/h16H,2-6,10H2,1H3,(H2,11,12,13,14,15). The Morgan fingerprint density at radius 1 is 1.22 bits per heavy atom. The van der Waals surface area contributed by atoms with Crippen molar-refractivity contribution < 1.29 is 14.6 Å². The number of nitrogens with one attached hydrogen (secondary N) is 2. The Hall–Kier alpha value is -1.71. The molecule has 0 unspecified atom stereocenters. The largest absolute Gasteiger partial charge is 0.464 e. The van der Waals surface area contributed by atoms with Crippen LogP contribution in [0.2, 0.25) is 0 Å². The third-order valence-corrected chi connectivity index (χ3v) is 1.78. The maximum atomic E-state index is 8.53. The van der Waals surface area contributed by atoms with Gasteiger partial charge in [0, 0.05) is 6.54 Å². The number of aromatic nitrogens is 3. The van der Waals surface area contributed by atoms with Crippen molar-refractivity contribution in [3.05, 3.63) is 0 Å². The molecule has 9 nitrogen and oxygen atoms in total. The van der Waals surface area contributed by atoms with Crippen molar-refractivity contribution in [3.8, 4) is 6.01 Å². The summed E-state index contributed by atoms with van der Waals surface area (Å²) in [5.74, 6) is 5.80. The summed E-state index contributed by atoms with van der Waals surface area (Å²) >= 11 is 0. The van der Waals surface area contributed by atoms with Crippen molar-refractivity contribution in [2.75, 3.05) is 43.7 Å². The monoisotopic (exact) mass is 258 g/mol. The number of hydrogen-bond acceptors (Lipinski definition) is 9. The van der Waals surface area contributed by atoms with Crippen LogP contribution in [0.5, 0.6) is 6.01 Å². The van der Waals surface area contributed by atoms with Gasteiger partial charge < -0.3 is 19.9 Å². The van der Waals surface area contributed by atoms with Gasteiger partial charge in [0.1, 0.15) is 0 Å². The molecule has 102 valence electrons. The predicted octanol–water partition coefficient (Wildman–Crippen LogP) is -1.02. The zero-order valence-electron chi connectivity index (χ0n) is 10.2. The highest BCUT2D eigenvalue weighted by atomic mass is 16.5. The molecule has 5 N–H and O–H groups in total. The molecule has 0 amide bonds. The number of hydrogen-bond donors (Lipinski definition) is 4. The Bertz CT molecular complexity index is 351. The second kappa shape index (κ2) is 8.39. The van der Waals surface area contributed by atoms with Crippen LogP contribution in [0.3, 0.4) is 0 Å². The van der Waals surface area contributed by atoms with Crippen LogP contribution in [-0.2, 0) is 4.74 Å². The van der Waals surface area contributed by atoms with Crippen molar-refractivity contribution in [3.63, 3.8) is 0 Å². The van der Waals surface area contributed by atoms with E-state index in [1.165, 1.54) is 0 Å². The van der Waals surface area contributed by atoms with Gasteiger partial charge in [-0.15, -0.1) is 0 Å². The molecule has 0 aliphatic carbocycles. The number of anilines is 2. The van der Waals surface area contributed by atoms with Gasteiger partial charge in [-0.05, 0) is 6.92 Å². The Morgan fingerprint density at radius 3 is 2.67 bits per heavy atom. The van der Waals surface area contributed by atoms with Gasteiger partial charge >= 0.3 is 6.01 Å². The summed E-state index contributed by atoms with van der Waals surface area (Å²) in [6.45, 7) is 3.52. The van der Waals surface area contributed by atoms with Crippen LogP contribution < -0.4 is 21.3 Å². The Morgan fingerprint density at radius 2 is 2.00 bits per heavy atom. The average Bonchev–Trinajstić information content (AvgIpc) is 2.38. The van der Waals surface area contributed by atoms with E-state index in [1.807, 2.05) is 6.92 Å². The van der Waals surface area contributed by atoms with Crippen LogP contribution in [0.4, 0.5) is 11.9 Å². The van der Waals surface area contributed by atoms with Crippen LogP contribution in [0.1, 0.15) is 6.92 Å². The van der Waals surface area contributed by atoms with Crippen molar-refractivity contribution >= 4 is 11.9 Å². The molecule has 9 heteroatoms. The summed E-state index contributed by atoms with van der Waals surface area (Å²) < 4.78 is 10.3. The fourth-order valence-electron chi connectivity index (χ4n) is 1.10. The highest BCUT2D eigenvalue weighted by Gasteiger charge is 2.05. The highest BCUT2D eigenvalue weighted by Crippen LogP contribution is 2.09. The fraction of sp³-hybridized carbons (Fsp3) is 0.667. The van der Waals surface area contributed by atoms with E-state index in [1.54, 1.807) is 0 Å². The number of aliphatic hydroxyl groups is 1. The van der Waals surface area contributed by atoms with E-state index in [9.17, 15) is 0 Å². The maximum absolute atomic E-state index is 8.53. The lowest BCUT2D eigenvalue weighted by Gasteiger charge is -2.08. The molecule has 1 heterocycles. The number of nitrogen functional groups attached to an aromatic ring is 1. The van der Waals surface area contributed by atoms with Gasteiger partial charge in [-0.2, -0.15) is 15.0 Å². The zero-order chi connectivity index (χ0) is 13.2. The number of nitrogens with zero attached hydrogens (tertiary/aromatic N) is 3. The van der Waals surface area contributed by atoms with Crippen molar-refractivity contribution in [2.24, 2.45) is 5.84 Å². The van der Waals surface area contributed by atoms with Gasteiger partial charge in [0.15, 0.2) is 0 Å². The molecular formula is C9H18N6O3. The smallest absolute Gasteiger partial charge is 0.323 e. The second-order valence-electron chi connectivity index (χ2n) is 3.11. The van der Waals surface area contributed by atoms with Crippen LogP contribution in [0.25, 0.3) is 0 Å². The molecule has 0 aliphatic heterocycles. The van der Waals surface area contributed by atoms with E-state index < -0.39 is 0 Å². The quantitative estimate of drug-likeness (QED) is 0.250. The Balaban J connectivity index is 2.50. The zero-order valence-corrected chi connectivity index (χ0v) is 10.2. The minimum Gasteiger partial charge on any atom is -0.464 e. The Kier molecular flexibility index (Phi) is 6.69. The molecular weight excluding hydrogens is 240 g/mol. The summed E-state index contributed by atoms with van der Waals surface area (Å²) in [5.41, 5.74) is 2.33. The van der Waals surface area contributed by atoms with E-state index in [-0.39, 0.29) is 18.6 Å². The number of rotatable bonds is 9. The lowest BCUT2D eigenvalue weighted by atomic mass is 10.6. The third kappa shape index (κ3) is 5.08. The van der Waals surface area contributed by atoms with Crippen LogP contribution in [0, 0.1) is 0 Å². The van der Waals surface area contributed by atoms with Gasteiger partial charge in [0.05, 0.1) is 26.4 Å². The van der Waals surface area contributed by atoms with Gasteiger partial charge in [-0.1, -0.05) is 0 Å². The molecule has 0 fully saturated rings. The molecule has 1 rings (SSSR count). The minimum atomic E-state index is 0.00148. The van der Waals surface area contributed by atoms with E-state index in [2.05, 4.69) is 25.7 Å². The third-order valence-electron chi connectivity index (χ3n) is 1.78. The van der Waals surface area contributed by atoms with Crippen LogP contribution in [0.15, 0.2) is 0 Å². The first-order valence-electron chi connectivity index (χ1n) is 5.58. The molecule has 1 aromatic heterocycles. The molecule has 0 saturated carbocycles. The maximum Gasteiger partial charge on any atom is 0.323 e. The van der Waals surface area contributed by atoms with Gasteiger partial charge in [0.2, 0.25) is 11.9 Å². The lowest BCUT2D eigenvalue weighted by Crippen LogP contribution is -2.17. The molecule has 0 saturated heterocycles. The van der Waals surface area contributed by atoms with Gasteiger partial charge in [0.25, 0.3) is 0 Å². The molecule has 0 spiro atoms. The van der Waals surface area contributed by atoms with E-state index in [4.69, 9.17) is 20.4 Å². The predicted molar refractivity (Wildman–Crippen MR) is 65.2 cm³/mol. The summed E-state index contributed by atoms with van der Waals surface area (Å²) in [6, 6.07) is 0.194. The second-order valence-corrected chi connectivity index (χ2v) is 3.11. The van der Waals surface area contributed by atoms with Crippen molar-refractivity contribution in [1.82, 2.24) is 15.0 Å². The SMILES string of the molecule is CCOc1nc(NN)nc(NCCOCCO)n1. The van der Waals surface area contributed by atoms with Crippen molar-refractivity contribution in [2.45, 2.75) is 6.92 Å². The first-order valence-corrected chi connectivity index (χ1v) is 5.58. The van der Waals surface area contributed by atoms with Gasteiger partial charge in [-0.25, -0.2) is 5.84 Å². The minimum absolute atomic E-state index is 0.00148. The number of aliphatic hydroxyl groups excluding tert-OH is 1. The molecule has 18 heavy (non-hydrogen) atoms. The molecule has 0 radical (unpaired) electrons.